The quantitative estimate of drug-likeness (QED) is 0.618. The summed E-state index contributed by atoms with van der Waals surface area (Å²) < 4.78 is 42.0. The van der Waals surface area contributed by atoms with Gasteiger partial charge in [0.15, 0.2) is 0 Å². The summed E-state index contributed by atoms with van der Waals surface area (Å²) >= 11 is 0. The van der Waals surface area contributed by atoms with Crippen LogP contribution in [-0.4, -0.2) is 38.3 Å². The summed E-state index contributed by atoms with van der Waals surface area (Å²) in [6.07, 6.45) is -4.22. The molecule has 25 heavy (non-hydrogen) atoms. The van der Waals surface area contributed by atoms with E-state index in [-0.39, 0.29) is 6.42 Å². The van der Waals surface area contributed by atoms with Crippen LogP contribution in [0.1, 0.15) is 24.5 Å². The number of hydrogen-bond acceptors (Lipinski definition) is 0. The number of halogens is 3. The highest BCUT2D eigenvalue weighted by Gasteiger charge is 2.52. The van der Waals surface area contributed by atoms with E-state index in [4.69, 9.17) is 0 Å². The summed E-state index contributed by atoms with van der Waals surface area (Å²) in [5.41, 5.74) is 1.58. The molecule has 0 aliphatic heterocycles. The van der Waals surface area contributed by atoms with Crippen molar-refractivity contribution in [2.75, 3.05) is 27.7 Å². The average Bonchev–Trinajstić information content (AvgIpc) is 2.52. The van der Waals surface area contributed by atoms with Crippen LogP contribution in [0.2, 0.25) is 0 Å². The van der Waals surface area contributed by atoms with E-state index >= 15 is 0 Å². The molecule has 136 valence electrons. The Bertz CT molecular complexity index is 694. The van der Waals surface area contributed by atoms with Crippen LogP contribution in [0.5, 0.6) is 0 Å². The normalized spacial score (nSPS) is 15.0. The number of nitrogens with zero attached hydrogens (tertiary/aromatic N) is 1. The van der Waals surface area contributed by atoms with Crippen molar-refractivity contribution in [2.45, 2.75) is 31.9 Å². The van der Waals surface area contributed by atoms with Crippen molar-refractivity contribution >= 4 is 0 Å². The maximum absolute atomic E-state index is 13.8. The second-order valence-corrected chi connectivity index (χ2v) is 8.04. The molecule has 0 fully saturated rings. The minimum absolute atomic E-state index is 0.0594. The first-order valence-corrected chi connectivity index (χ1v) is 8.47. The number of rotatable bonds is 5. The fraction of sp³-hybridized carbons (Fsp3) is 0.429. The molecule has 1 nitrogen and oxygen atoms in total. The smallest absolute Gasteiger partial charge is 0.331 e. The lowest BCUT2D eigenvalue weighted by Crippen LogP contribution is -2.45. The van der Waals surface area contributed by atoms with Gasteiger partial charge in [0.05, 0.1) is 33.1 Å². The third-order valence-corrected chi connectivity index (χ3v) is 4.82. The molecule has 0 aliphatic rings. The summed E-state index contributed by atoms with van der Waals surface area (Å²) in [6, 6.07) is 14.8. The molecule has 4 heteroatoms. The third-order valence-electron chi connectivity index (χ3n) is 4.82. The Morgan fingerprint density at radius 2 is 1.24 bits per heavy atom. The van der Waals surface area contributed by atoms with Crippen LogP contribution in [0.4, 0.5) is 13.2 Å². The second kappa shape index (κ2) is 6.83. The maximum atomic E-state index is 13.8. The van der Waals surface area contributed by atoms with Gasteiger partial charge in [-0.3, -0.25) is 0 Å². The number of aryl methyl sites for hydroxylation is 1. The van der Waals surface area contributed by atoms with E-state index in [9.17, 15) is 13.2 Å². The lowest BCUT2D eigenvalue weighted by molar-refractivity contribution is -0.871. The highest BCUT2D eigenvalue weighted by atomic mass is 19.4. The van der Waals surface area contributed by atoms with Crippen molar-refractivity contribution in [3.05, 3.63) is 59.7 Å². The Labute approximate surface area is 148 Å². The molecular formula is C21H27F3N+. The second-order valence-electron chi connectivity index (χ2n) is 8.04. The fourth-order valence-electron chi connectivity index (χ4n) is 2.79. The van der Waals surface area contributed by atoms with Gasteiger partial charge >= 0.3 is 6.18 Å². The number of benzene rings is 2. The zero-order chi connectivity index (χ0) is 18.9. The zero-order valence-electron chi connectivity index (χ0n) is 15.6. The summed E-state index contributed by atoms with van der Waals surface area (Å²) in [4.78, 5) is 0. The molecule has 0 radical (unpaired) electrons. The summed E-state index contributed by atoms with van der Waals surface area (Å²) in [5, 5.41) is 0. The van der Waals surface area contributed by atoms with Gasteiger partial charge in [-0.15, -0.1) is 0 Å². The van der Waals surface area contributed by atoms with Crippen molar-refractivity contribution < 1.29 is 17.7 Å². The molecule has 0 amide bonds. The molecule has 2 rings (SSSR count). The van der Waals surface area contributed by atoms with E-state index < -0.39 is 11.6 Å². The summed E-state index contributed by atoms with van der Waals surface area (Å²) in [7, 11) is 5.74. The van der Waals surface area contributed by atoms with Gasteiger partial charge < -0.3 is 4.48 Å². The largest absolute Gasteiger partial charge is 0.398 e. The highest BCUT2D eigenvalue weighted by Crippen LogP contribution is 2.44. The Morgan fingerprint density at radius 3 is 1.64 bits per heavy atom. The lowest BCUT2D eigenvalue weighted by Gasteiger charge is -2.35. The van der Waals surface area contributed by atoms with Gasteiger partial charge in [0.25, 0.3) is 0 Å². The first-order valence-electron chi connectivity index (χ1n) is 8.47. The molecule has 0 saturated heterocycles. The Kier molecular flexibility index (Phi) is 5.33. The van der Waals surface area contributed by atoms with Crippen LogP contribution in [0.3, 0.4) is 0 Å². The SMILES string of the molecule is Cc1ccc(-c2ccc(C(C)(CC[N+](C)(C)C)C(F)(F)F)cc2)cc1. The van der Waals surface area contributed by atoms with Crippen molar-refractivity contribution in [3.8, 4) is 11.1 Å². The Hall–Kier alpha value is -1.81. The Morgan fingerprint density at radius 1 is 0.800 bits per heavy atom. The lowest BCUT2D eigenvalue weighted by atomic mass is 9.78. The molecule has 0 bridgehead atoms. The Balaban J connectivity index is 2.33. The molecule has 0 N–H and O–H groups in total. The van der Waals surface area contributed by atoms with Gasteiger partial charge in [-0.25, -0.2) is 0 Å². The maximum Gasteiger partial charge on any atom is 0.398 e. The van der Waals surface area contributed by atoms with Crippen LogP contribution in [0.15, 0.2) is 48.5 Å². The van der Waals surface area contributed by atoms with E-state index in [1.54, 1.807) is 24.3 Å². The molecular weight excluding hydrogens is 323 g/mol. The standard InChI is InChI=1S/C21H27F3N/c1-16-6-8-17(9-7-16)18-10-12-19(13-11-18)20(2,21(22,23)24)14-15-25(3,4)5/h6-13H,14-15H2,1-5H3/q+1. The number of quaternary nitrogens is 1. The number of hydrogen-bond donors (Lipinski definition) is 0. The van der Waals surface area contributed by atoms with Crippen LogP contribution in [0, 0.1) is 6.92 Å². The van der Waals surface area contributed by atoms with E-state index in [1.165, 1.54) is 6.92 Å². The fourth-order valence-corrected chi connectivity index (χ4v) is 2.79. The third kappa shape index (κ3) is 4.63. The highest BCUT2D eigenvalue weighted by molar-refractivity contribution is 5.64. The minimum Gasteiger partial charge on any atom is -0.331 e. The minimum atomic E-state index is -4.28. The average molecular weight is 350 g/mol. The van der Waals surface area contributed by atoms with Crippen LogP contribution in [-0.2, 0) is 5.41 Å². The molecule has 2 aromatic carbocycles. The van der Waals surface area contributed by atoms with Gasteiger partial charge in [0.2, 0.25) is 0 Å². The van der Waals surface area contributed by atoms with Crippen molar-refractivity contribution in [1.29, 1.82) is 0 Å². The molecule has 2 aromatic rings. The van der Waals surface area contributed by atoms with Gasteiger partial charge in [0.1, 0.15) is 0 Å². The summed E-state index contributed by atoms with van der Waals surface area (Å²) in [5.74, 6) is 0. The van der Waals surface area contributed by atoms with Crippen molar-refractivity contribution in [2.24, 2.45) is 0 Å². The first kappa shape index (κ1) is 19.5. The molecule has 0 saturated carbocycles. The predicted molar refractivity (Wildman–Crippen MR) is 97.5 cm³/mol. The van der Waals surface area contributed by atoms with Gasteiger partial charge in [-0.2, -0.15) is 13.2 Å². The van der Waals surface area contributed by atoms with Gasteiger partial charge in [-0.1, -0.05) is 54.1 Å². The van der Waals surface area contributed by atoms with Crippen LogP contribution in [0.25, 0.3) is 11.1 Å². The number of alkyl halides is 3. The molecule has 1 unspecified atom stereocenters. The molecule has 0 aromatic heterocycles. The van der Waals surface area contributed by atoms with Crippen molar-refractivity contribution in [1.82, 2.24) is 0 Å². The molecule has 0 aliphatic carbocycles. The van der Waals surface area contributed by atoms with E-state index in [1.807, 2.05) is 52.3 Å². The monoisotopic (exact) mass is 350 g/mol. The van der Waals surface area contributed by atoms with E-state index in [0.29, 0.717) is 16.6 Å². The predicted octanol–water partition coefficient (Wildman–Crippen LogP) is 5.58. The van der Waals surface area contributed by atoms with Gasteiger partial charge in [0, 0.05) is 6.42 Å². The molecule has 0 spiro atoms. The van der Waals surface area contributed by atoms with E-state index in [0.717, 1.165) is 16.7 Å². The van der Waals surface area contributed by atoms with Gasteiger partial charge in [-0.05, 0) is 30.5 Å². The molecule has 1 atom stereocenters. The zero-order valence-corrected chi connectivity index (χ0v) is 15.6. The van der Waals surface area contributed by atoms with Crippen LogP contribution >= 0.6 is 0 Å². The first-order chi connectivity index (χ1) is 11.4. The summed E-state index contributed by atoms with van der Waals surface area (Å²) in [6.45, 7) is 3.77. The topological polar surface area (TPSA) is 0 Å². The molecule has 0 heterocycles. The van der Waals surface area contributed by atoms with Crippen LogP contribution < -0.4 is 0 Å². The van der Waals surface area contributed by atoms with Crippen molar-refractivity contribution in [3.63, 3.8) is 0 Å². The van der Waals surface area contributed by atoms with E-state index in [2.05, 4.69) is 0 Å².